The summed E-state index contributed by atoms with van der Waals surface area (Å²) in [7, 11) is -0.632. The number of carbonyl (C=O) groups excluding carboxylic acids is 1. The standard InChI is InChI=1S/C16H24N4O5S/c1-12-5-4-8-19(11-12)26(24,25)13-6-7-14(15(9-13)20(22)23)17-10-16(21)18(2)3/h6-7,9,12,17H,4-5,8,10-11H2,1-3H3/t12-/m1/s1. The average molecular weight is 384 g/mol. The molecule has 0 bridgehead atoms. The minimum atomic E-state index is -3.79. The SMILES string of the molecule is C[C@@H]1CCCN(S(=O)(=O)c2ccc(NCC(=O)N(C)C)c([N+](=O)[O-])c2)C1. The number of amides is 1. The Labute approximate surface area is 153 Å². The zero-order valence-electron chi connectivity index (χ0n) is 15.1. The van der Waals surface area contributed by atoms with Crippen molar-refractivity contribution in [3.05, 3.63) is 28.3 Å². The lowest BCUT2D eigenvalue weighted by Gasteiger charge is -2.30. The Morgan fingerprint density at radius 1 is 1.42 bits per heavy atom. The maximum atomic E-state index is 12.8. The molecule has 1 fully saturated rings. The summed E-state index contributed by atoms with van der Waals surface area (Å²) in [6.07, 6.45) is 1.74. The molecule has 26 heavy (non-hydrogen) atoms. The van der Waals surface area contributed by atoms with Gasteiger partial charge in [0.1, 0.15) is 5.69 Å². The Kier molecular flexibility index (Phi) is 6.19. The van der Waals surface area contributed by atoms with Gasteiger partial charge in [-0.15, -0.1) is 0 Å². The largest absolute Gasteiger partial charge is 0.371 e. The number of anilines is 1. The summed E-state index contributed by atoms with van der Waals surface area (Å²) in [6.45, 7) is 2.69. The molecule has 10 heteroatoms. The number of carbonyl (C=O) groups is 1. The van der Waals surface area contributed by atoms with Gasteiger partial charge in [-0.05, 0) is 30.9 Å². The maximum absolute atomic E-state index is 12.8. The third-order valence-corrected chi connectivity index (χ3v) is 6.21. The Morgan fingerprint density at radius 3 is 2.69 bits per heavy atom. The lowest BCUT2D eigenvalue weighted by molar-refractivity contribution is -0.384. The Hall–Kier alpha value is -2.20. The molecular formula is C16H24N4O5S. The topological polar surface area (TPSA) is 113 Å². The van der Waals surface area contributed by atoms with Crippen LogP contribution in [-0.2, 0) is 14.8 Å². The normalized spacial score (nSPS) is 18.3. The van der Waals surface area contributed by atoms with Crippen LogP contribution in [0.2, 0.25) is 0 Å². The van der Waals surface area contributed by atoms with Crippen LogP contribution in [0.1, 0.15) is 19.8 Å². The number of sulfonamides is 1. The van der Waals surface area contributed by atoms with Crippen molar-refractivity contribution in [1.82, 2.24) is 9.21 Å². The molecule has 0 saturated carbocycles. The second kappa shape index (κ2) is 8.00. The third kappa shape index (κ3) is 4.50. The predicted molar refractivity (Wildman–Crippen MR) is 97.4 cm³/mol. The van der Waals surface area contributed by atoms with Crippen LogP contribution in [0.3, 0.4) is 0 Å². The summed E-state index contributed by atoms with van der Waals surface area (Å²) in [4.78, 5) is 23.6. The van der Waals surface area contributed by atoms with E-state index in [1.807, 2.05) is 6.92 Å². The molecule has 1 amide bonds. The highest BCUT2D eigenvalue weighted by molar-refractivity contribution is 7.89. The van der Waals surface area contributed by atoms with Gasteiger partial charge in [0.2, 0.25) is 15.9 Å². The second-order valence-corrected chi connectivity index (χ2v) is 8.63. The third-order valence-electron chi connectivity index (χ3n) is 4.35. The minimum Gasteiger partial charge on any atom is -0.371 e. The molecule has 1 N–H and O–H groups in total. The summed E-state index contributed by atoms with van der Waals surface area (Å²) in [5, 5.41) is 14.1. The molecule has 1 aliphatic rings. The summed E-state index contributed by atoms with van der Waals surface area (Å²) < 4.78 is 27.0. The van der Waals surface area contributed by atoms with E-state index in [2.05, 4.69) is 5.32 Å². The van der Waals surface area contributed by atoms with Crippen LogP contribution in [0.25, 0.3) is 0 Å². The van der Waals surface area contributed by atoms with E-state index in [1.54, 1.807) is 14.1 Å². The first kappa shape index (κ1) is 20.1. The monoisotopic (exact) mass is 384 g/mol. The number of rotatable bonds is 6. The van der Waals surface area contributed by atoms with Gasteiger partial charge in [0.15, 0.2) is 0 Å². The molecule has 1 atom stereocenters. The molecule has 9 nitrogen and oxygen atoms in total. The van der Waals surface area contributed by atoms with E-state index in [9.17, 15) is 23.3 Å². The molecule has 2 rings (SSSR count). The van der Waals surface area contributed by atoms with Gasteiger partial charge in [0, 0.05) is 33.3 Å². The van der Waals surface area contributed by atoms with Crippen LogP contribution >= 0.6 is 0 Å². The maximum Gasteiger partial charge on any atom is 0.293 e. The van der Waals surface area contributed by atoms with E-state index in [4.69, 9.17) is 0 Å². The van der Waals surface area contributed by atoms with E-state index in [1.165, 1.54) is 21.3 Å². The van der Waals surface area contributed by atoms with Gasteiger partial charge in [-0.3, -0.25) is 14.9 Å². The van der Waals surface area contributed by atoms with Crippen LogP contribution in [0.15, 0.2) is 23.1 Å². The smallest absolute Gasteiger partial charge is 0.293 e. The number of likely N-dealkylation sites (N-methyl/N-ethyl adjacent to an activating group) is 1. The lowest BCUT2D eigenvalue weighted by atomic mass is 10.0. The van der Waals surface area contributed by atoms with Gasteiger partial charge >= 0.3 is 0 Å². The summed E-state index contributed by atoms with van der Waals surface area (Å²) in [5.74, 6) is 0.00444. The number of nitrogens with one attached hydrogen (secondary N) is 1. The lowest BCUT2D eigenvalue weighted by Crippen LogP contribution is -2.39. The van der Waals surface area contributed by atoms with Crippen molar-refractivity contribution >= 4 is 27.3 Å². The number of piperidine rings is 1. The van der Waals surface area contributed by atoms with Gasteiger partial charge in [-0.2, -0.15) is 4.31 Å². The number of nitro groups is 1. The van der Waals surface area contributed by atoms with Crippen molar-refractivity contribution in [2.75, 3.05) is 39.0 Å². The first-order valence-corrected chi connectivity index (χ1v) is 9.79. The van der Waals surface area contributed by atoms with Crippen molar-refractivity contribution in [3.8, 4) is 0 Å². The molecule has 1 aromatic rings. The fourth-order valence-electron chi connectivity index (χ4n) is 2.82. The molecule has 0 aliphatic carbocycles. The Morgan fingerprint density at radius 2 is 2.12 bits per heavy atom. The molecule has 1 saturated heterocycles. The van der Waals surface area contributed by atoms with Gasteiger partial charge < -0.3 is 10.2 Å². The van der Waals surface area contributed by atoms with E-state index >= 15 is 0 Å². The number of nitrogens with zero attached hydrogens (tertiary/aromatic N) is 3. The molecule has 0 unspecified atom stereocenters. The van der Waals surface area contributed by atoms with E-state index < -0.39 is 14.9 Å². The van der Waals surface area contributed by atoms with E-state index in [-0.39, 0.29) is 34.6 Å². The fourth-order valence-corrected chi connectivity index (χ4v) is 4.43. The second-order valence-electron chi connectivity index (χ2n) is 6.69. The molecule has 0 radical (unpaired) electrons. The fraction of sp³-hybridized carbons (Fsp3) is 0.562. The van der Waals surface area contributed by atoms with Crippen LogP contribution in [0.4, 0.5) is 11.4 Å². The zero-order chi connectivity index (χ0) is 19.5. The van der Waals surface area contributed by atoms with Crippen LogP contribution < -0.4 is 5.32 Å². The molecule has 0 spiro atoms. The number of nitro benzene ring substituents is 1. The van der Waals surface area contributed by atoms with Gasteiger partial charge in [-0.25, -0.2) is 8.42 Å². The van der Waals surface area contributed by atoms with Crippen LogP contribution in [0, 0.1) is 16.0 Å². The van der Waals surface area contributed by atoms with Gasteiger partial charge in [0.05, 0.1) is 16.4 Å². The summed E-state index contributed by atoms with van der Waals surface area (Å²) >= 11 is 0. The van der Waals surface area contributed by atoms with Gasteiger partial charge in [0.25, 0.3) is 5.69 Å². The molecule has 0 aromatic heterocycles. The number of benzene rings is 1. The molecule has 144 valence electrons. The number of hydrogen-bond acceptors (Lipinski definition) is 6. The molecule has 1 heterocycles. The zero-order valence-corrected chi connectivity index (χ0v) is 16.0. The highest BCUT2D eigenvalue weighted by Gasteiger charge is 2.30. The van der Waals surface area contributed by atoms with Crippen LogP contribution in [-0.4, -0.2) is 62.2 Å². The van der Waals surface area contributed by atoms with E-state index in [0.29, 0.717) is 13.1 Å². The predicted octanol–water partition coefficient (Wildman–Crippen LogP) is 1.52. The van der Waals surface area contributed by atoms with Crippen LogP contribution in [0.5, 0.6) is 0 Å². The Balaban J connectivity index is 2.29. The Bertz CT molecular complexity index is 794. The van der Waals surface area contributed by atoms with E-state index in [0.717, 1.165) is 18.9 Å². The van der Waals surface area contributed by atoms with Crippen molar-refractivity contribution in [3.63, 3.8) is 0 Å². The first-order valence-electron chi connectivity index (χ1n) is 8.35. The summed E-state index contributed by atoms with van der Waals surface area (Å²) in [5.41, 5.74) is -0.265. The minimum absolute atomic E-state index is 0.108. The van der Waals surface area contributed by atoms with Crippen molar-refractivity contribution in [1.29, 1.82) is 0 Å². The molecule has 1 aromatic carbocycles. The highest BCUT2D eigenvalue weighted by Crippen LogP contribution is 2.30. The van der Waals surface area contributed by atoms with Crippen molar-refractivity contribution < 1.29 is 18.1 Å². The van der Waals surface area contributed by atoms with Gasteiger partial charge in [-0.1, -0.05) is 6.92 Å². The van der Waals surface area contributed by atoms with Crippen molar-refractivity contribution in [2.24, 2.45) is 5.92 Å². The average Bonchev–Trinajstić information content (AvgIpc) is 2.59. The van der Waals surface area contributed by atoms with Crippen molar-refractivity contribution in [2.45, 2.75) is 24.7 Å². The molecule has 1 aliphatic heterocycles. The summed E-state index contributed by atoms with van der Waals surface area (Å²) in [6, 6.07) is 3.72. The molecular weight excluding hydrogens is 360 g/mol. The first-order chi connectivity index (χ1) is 12.1. The number of hydrogen-bond donors (Lipinski definition) is 1. The highest BCUT2D eigenvalue weighted by atomic mass is 32.2. The quantitative estimate of drug-likeness (QED) is 0.588.